The van der Waals surface area contributed by atoms with Crippen molar-refractivity contribution >= 4 is 29.2 Å². The number of carbonyl (C=O) groups is 2. The molecule has 0 aliphatic heterocycles. The minimum atomic E-state index is -0.611. The van der Waals surface area contributed by atoms with Crippen LogP contribution >= 0.6 is 11.6 Å². The maximum Gasteiger partial charge on any atom is 0.337 e. The van der Waals surface area contributed by atoms with Crippen LogP contribution < -0.4 is 20.9 Å². The summed E-state index contributed by atoms with van der Waals surface area (Å²) in [5, 5.41) is 13.9. The van der Waals surface area contributed by atoms with Crippen LogP contribution in [0.15, 0.2) is 48.8 Å². The molecule has 0 fully saturated rings. The van der Waals surface area contributed by atoms with Gasteiger partial charge in [0.2, 0.25) is 0 Å². The molecule has 8 heteroatoms. The second-order valence-electron chi connectivity index (χ2n) is 3.99. The summed E-state index contributed by atoms with van der Waals surface area (Å²) in [4.78, 5) is 23.2. The third-order valence-corrected chi connectivity index (χ3v) is 2.71. The molecule has 7 nitrogen and oxygen atoms in total. The van der Waals surface area contributed by atoms with Crippen molar-refractivity contribution < 1.29 is 14.3 Å². The summed E-state index contributed by atoms with van der Waals surface area (Å²) in [5.41, 5.74) is 5.17. The number of nitrogens with zero attached hydrogens (tertiary/aromatic N) is 1. The lowest BCUT2D eigenvalue weighted by molar-refractivity contribution is -0.605. The minimum Gasteiger partial charge on any atom is -0.619 e. The summed E-state index contributed by atoms with van der Waals surface area (Å²) in [6, 6.07) is 8.54. The number of rotatable bonds is 2. The Bertz CT molecular complexity index is 643. The molecule has 2 aromatic rings. The summed E-state index contributed by atoms with van der Waals surface area (Å²) >= 11 is 5.72. The van der Waals surface area contributed by atoms with E-state index in [4.69, 9.17) is 11.6 Å². The van der Waals surface area contributed by atoms with Crippen LogP contribution in [0.1, 0.15) is 10.4 Å². The lowest BCUT2D eigenvalue weighted by atomic mass is 10.2. The van der Waals surface area contributed by atoms with Gasteiger partial charge >= 0.3 is 6.03 Å². The Morgan fingerprint density at radius 1 is 1.00 bits per heavy atom. The smallest absolute Gasteiger partial charge is 0.337 e. The fourth-order valence-corrected chi connectivity index (χ4v) is 1.57. The Hall–Kier alpha value is -2.80. The van der Waals surface area contributed by atoms with Crippen molar-refractivity contribution in [3.63, 3.8) is 0 Å². The topological polar surface area (TPSA) is 97.2 Å². The Balaban J connectivity index is 1.84. The highest BCUT2D eigenvalue weighted by molar-refractivity contribution is 6.30. The second-order valence-corrected chi connectivity index (χ2v) is 4.42. The molecule has 2 rings (SSSR count). The number of carbonyl (C=O) groups excluding carboxylic acids is 2. The first-order valence-electron chi connectivity index (χ1n) is 5.86. The Morgan fingerprint density at radius 3 is 2.24 bits per heavy atom. The third kappa shape index (κ3) is 4.36. The summed E-state index contributed by atoms with van der Waals surface area (Å²) in [6.07, 6.45) is 2.37. The number of urea groups is 1. The molecule has 0 atom stereocenters. The molecule has 3 amide bonds. The Kier molecular flexibility index (Phi) is 4.57. The van der Waals surface area contributed by atoms with E-state index in [1.807, 2.05) is 0 Å². The zero-order valence-electron chi connectivity index (χ0n) is 10.7. The summed E-state index contributed by atoms with van der Waals surface area (Å²) in [5.74, 6) is -0.540. The molecule has 0 saturated heterocycles. The molecule has 0 saturated carbocycles. The van der Waals surface area contributed by atoms with Gasteiger partial charge in [-0.3, -0.25) is 10.2 Å². The fourth-order valence-electron chi connectivity index (χ4n) is 1.45. The van der Waals surface area contributed by atoms with Crippen LogP contribution in [0.4, 0.5) is 10.5 Å². The number of anilines is 1. The van der Waals surface area contributed by atoms with Gasteiger partial charge in [-0.15, -0.1) is 0 Å². The lowest BCUT2D eigenvalue weighted by Crippen LogP contribution is -2.44. The molecule has 0 bridgehead atoms. The first-order chi connectivity index (χ1) is 10.0. The Labute approximate surface area is 125 Å². The number of aromatic nitrogens is 1. The quantitative estimate of drug-likeness (QED) is 0.445. The molecule has 0 aliphatic rings. The predicted molar refractivity (Wildman–Crippen MR) is 76.5 cm³/mol. The number of nitrogens with one attached hydrogen (secondary N) is 3. The molecular formula is C13H11ClN4O3. The number of pyridine rings is 1. The molecule has 1 aromatic carbocycles. The van der Waals surface area contributed by atoms with Gasteiger partial charge in [0, 0.05) is 22.8 Å². The first kappa shape index (κ1) is 14.6. The summed E-state index contributed by atoms with van der Waals surface area (Å²) < 4.78 is 0.553. The average Bonchev–Trinajstić information content (AvgIpc) is 2.48. The van der Waals surface area contributed by atoms with E-state index in [1.165, 1.54) is 24.5 Å². The van der Waals surface area contributed by atoms with Gasteiger partial charge in [0.1, 0.15) is 0 Å². The highest BCUT2D eigenvalue weighted by atomic mass is 35.5. The van der Waals surface area contributed by atoms with Crippen LogP contribution in [0.5, 0.6) is 0 Å². The maximum absolute atomic E-state index is 11.7. The third-order valence-electron chi connectivity index (χ3n) is 2.46. The van der Waals surface area contributed by atoms with E-state index in [9.17, 15) is 14.8 Å². The number of amides is 3. The van der Waals surface area contributed by atoms with Crippen molar-refractivity contribution in [2.24, 2.45) is 0 Å². The molecule has 0 spiro atoms. The van der Waals surface area contributed by atoms with E-state index in [0.29, 0.717) is 15.4 Å². The largest absolute Gasteiger partial charge is 0.619 e. The zero-order valence-corrected chi connectivity index (χ0v) is 11.4. The second kappa shape index (κ2) is 6.58. The monoisotopic (exact) mass is 306 g/mol. The van der Waals surface area contributed by atoms with E-state index < -0.39 is 11.9 Å². The average molecular weight is 307 g/mol. The van der Waals surface area contributed by atoms with Gasteiger partial charge < -0.3 is 10.5 Å². The van der Waals surface area contributed by atoms with Gasteiger partial charge in [-0.25, -0.2) is 10.2 Å². The minimum absolute atomic E-state index is 0.244. The zero-order chi connectivity index (χ0) is 15.2. The van der Waals surface area contributed by atoms with E-state index in [2.05, 4.69) is 16.2 Å². The van der Waals surface area contributed by atoms with E-state index >= 15 is 0 Å². The number of halogens is 1. The van der Waals surface area contributed by atoms with Crippen LogP contribution in [0.2, 0.25) is 5.02 Å². The van der Waals surface area contributed by atoms with Crippen LogP contribution in [0.3, 0.4) is 0 Å². The normalized spacial score (nSPS) is 9.76. The SMILES string of the molecule is O=C(NNC(=O)c1cc[n+]([O-])cc1)Nc1ccc(Cl)cc1. The number of hydrogen-bond acceptors (Lipinski definition) is 3. The van der Waals surface area contributed by atoms with Gasteiger partial charge in [-0.1, -0.05) is 11.6 Å². The van der Waals surface area contributed by atoms with Crippen molar-refractivity contribution in [2.75, 3.05) is 5.32 Å². The summed E-state index contributed by atoms with van der Waals surface area (Å²) in [6.45, 7) is 0. The number of benzene rings is 1. The lowest BCUT2D eigenvalue weighted by Gasteiger charge is -2.09. The molecule has 1 aromatic heterocycles. The molecule has 108 valence electrons. The Morgan fingerprint density at radius 2 is 1.62 bits per heavy atom. The standard InChI is InChI=1S/C13H11ClN4O3/c14-10-1-3-11(4-2-10)15-13(20)17-16-12(19)9-5-7-18(21)8-6-9/h1-8H,(H,16,19)(H2,15,17,20). The van der Waals surface area contributed by atoms with Gasteiger partial charge in [0.15, 0.2) is 12.4 Å². The summed E-state index contributed by atoms with van der Waals surface area (Å²) in [7, 11) is 0. The van der Waals surface area contributed by atoms with Crippen molar-refractivity contribution in [2.45, 2.75) is 0 Å². The van der Waals surface area contributed by atoms with Crippen LogP contribution in [0, 0.1) is 5.21 Å². The van der Waals surface area contributed by atoms with Gasteiger partial charge in [0.05, 0.1) is 5.56 Å². The van der Waals surface area contributed by atoms with Crippen molar-refractivity contribution in [3.05, 3.63) is 64.6 Å². The highest BCUT2D eigenvalue weighted by Gasteiger charge is 2.08. The maximum atomic E-state index is 11.7. The van der Waals surface area contributed by atoms with Crippen LogP contribution in [0.25, 0.3) is 0 Å². The number of hydrogen-bond donors (Lipinski definition) is 3. The van der Waals surface area contributed by atoms with Crippen LogP contribution in [-0.2, 0) is 0 Å². The van der Waals surface area contributed by atoms with Crippen molar-refractivity contribution in [1.29, 1.82) is 0 Å². The molecule has 0 unspecified atom stereocenters. The van der Waals surface area contributed by atoms with Gasteiger partial charge in [0.25, 0.3) is 5.91 Å². The molecule has 0 aliphatic carbocycles. The highest BCUT2D eigenvalue weighted by Crippen LogP contribution is 2.12. The molecule has 21 heavy (non-hydrogen) atoms. The molecule has 3 N–H and O–H groups in total. The van der Waals surface area contributed by atoms with Crippen LogP contribution in [-0.4, -0.2) is 11.9 Å². The van der Waals surface area contributed by atoms with Gasteiger partial charge in [-0.05, 0) is 24.3 Å². The molecule has 0 radical (unpaired) electrons. The molecule has 1 heterocycles. The first-order valence-corrected chi connectivity index (χ1v) is 6.24. The predicted octanol–water partition coefficient (Wildman–Crippen LogP) is 1.44. The molecular weight excluding hydrogens is 296 g/mol. The van der Waals surface area contributed by atoms with Gasteiger partial charge in [-0.2, -0.15) is 4.73 Å². The van der Waals surface area contributed by atoms with E-state index in [1.54, 1.807) is 24.3 Å². The van der Waals surface area contributed by atoms with E-state index in [0.717, 1.165) is 0 Å². The van der Waals surface area contributed by atoms with Crippen molar-refractivity contribution in [3.8, 4) is 0 Å². The van der Waals surface area contributed by atoms with E-state index in [-0.39, 0.29) is 5.56 Å². The van der Waals surface area contributed by atoms with Crippen molar-refractivity contribution in [1.82, 2.24) is 10.9 Å². The fraction of sp³-hybridized carbons (Fsp3) is 0. The number of hydrazine groups is 1.